The Kier molecular flexibility index (Phi) is 5.70. The molecule has 1 aromatic heterocycles. The molecule has 0 saturated heterocycles. The van der Waals surface area contributed by atoms with Gasteiger partial charge in [-0.3, -0.25) is 4.21 Å². The summed E-state index contributed by atoms with van der Waals surface area (Å²) >= 11 is 0. The molecule has 0 amide bonds. The number of methoxy groups -OCH3 is 2. The number of rotatable bonds is 7. The van der Waals surface area contributed by atoms with Crippen molar-refractivity contribution < 1.29 is 18.8 Å². The molecule has 26 heavy (non-hydrogen) atoms. The fourth-order valence-corrected chi connectivity index (χ4v) is 3.33. The molecule has 0 bridgehead atoms. The Morgan fingerprint density at radius 2 is 1.50 bits per heavy atom. The van der Waals surface area contributed by atoms with Crippen LogP contribution in [-0.2, 0) is 10.8 Å². The number of ether oxygens (including phenoxy) is 2. The van der Waals surface area contributed by atoms with Crippen LogP contribution in [0.1, 0.15) is 0 Å². The molecular formula is C19H20N2O4S. The van der Waals surface area contributed by atoms with Crippen molar-refractivity contribution >= 4 is 10.8 Å². The monoisotopic (exact) mass is 372 g/mol. The van der Waals surface area contributed by atoms with Crippen molar-refractivity contribution in [1.29, 1.82) is 0 Å². The summed E-state index contributed by atoms with van der Waals surface area (Å²) < 4.78 is 22.7. The molecule has 0 fully saturated rings. The van der Waals surface area contributed by atoms with E-state index in [2.05, 4.69) is 9.97 Å². The fourth-order valence-electron chi connectivity index (χ4n) is 2.56. The third-order valence-corrected chi connectivity index (χ3v) is 5.09. The highest BCUT2D eigenvalue weighted by Crippen LogP contribution is 2.32. The van der Waals surface area contributed by atoms with Crippen molar-refractivity contribution in [3.05, 3.63) is 48.5 Å². The predicted octanol–water partition coefficient (Wildman–Crippen LogP) is 2.86. The smallest absolute Gasteiger partial charge is 0.197 e. The van der Waals surface area contributed by atoms with Crippen molar-refractivity contribution in [3.8, 4) is 34.0 Å². The Morgan fingerprint density at radius 3 is 2.00 bits per heavy atom. The summed E-state index contributed by atoms with van der Waals surface area (Å²) in [5.41, 5.74) is 3.23. The Morgan fingerprint density at radius 1 is 0.962 bits per heavy atom. The molecule has 0 spiro atoms. The number of hydrogen-bond donors (Lipinski definition) is 2. The van der Waals surface area contributed by atoms with Gasteiger partial charge in [0.15, 0.2) is 5.16 Å². The van der Waals surface area contributed by atoms with E-state index in [0.29, 0.717) is 10.9 Å². The normalized spacial score (nSPS) is 12.0. The zero-order valence-corrected chi connectivity index (χ0v) is 15.4. The van der Waals surface area contributed by atoms with Crippen molar-refractivity contribution in [1.82, 2.24) is 9.97 Å². The lowest BCUT2D eigenvalue weighted by Gasteiger charge is -2.06. The average Bonchev–Trinajstić information content (AvgIpc) is 3.14. The molecule has 136 valence electrons. The van der Waals surface area contributed by atoms with Crippen LogP contribution in [0.15, 0.2) is 53.7 Å². The first-order valence-electron chi connectivity index (χ1n) is 8.04. The minimum atomic E-state index is -1.40. The fraction of sp³-hybridized carbons (Fsp3) is 0.211. The molecular weight excluding hydrogens is 352 g/mol. The summed E-state index contributed by atoms with van der Waals surface area (Å²) in [6, 6.07) is 15.1. The predicted molar refractivity (Wildman–Crippen MR) is 101 cm³/mol. The lowest BCUT2D eigenvalue weighted by Crippen LogP contribution is -2.03. The number of hydrogen-bond acceptors (Lipinski definition) is 5. The van der Waals surface area contributed by atoms with Gasteiger partial charge in [-0.15, -0.1) is 0 Å². The summed E-state index contributed by atoms with van der Waals surface area (Å²) in [5.74, 6) is 1.64. The molecule has 7 heteroatoms. The molecule has 1 atom stereocenters. The number of aliphatic hydroxyl groups excluding tert-OH is 1. The number of aromatic amines is 1. The number of benzene rings is 2. The van der Waals surface area contributed by atoms with Gasteiger partial charge in [-0.2, -0.15) is 0 Å². The van der Waals surface area contributed by atoms with Crippen LogP contribution >= 0.6 is 0 Å². The highest BCUT2D eigenvalue weighted by atomic mass is 32.2. The van der Waals surface area contributed by atoms with Gasteiger partial charge in [0, 0.05) is 11.1 Å². The van der Waals surface area contributed by atoms with E-state index < -0.39 is 10.8 Å². The lowest BCUT2D eigenvalue weighted by atomic mass is 10.0. The van der Waals surface area contributed by atoms with Gasteiger partial charge < -0.3 is 19.6 Å². The second-order valence-corrected chi connectivity index (χ2v) is 6.98. The van der Waals surface area contributed by atoms with Crippen LogP contribution < -0.4 is 9.47 Å². The van der Waals surface area contributed by atoms with Crippen LogP contribution in [0, 0.1) is 0 Å². The van der Waals surface area contributed by atoms with Crippen LogP contribution in [0.25, 0.3) is 22.5 Å². The standard InChI is InChI=1S/C19H20N2O4S/c1-24-15-7-3-13(4-8-15)17-18(14-5-9-16(25-2)10-6-14)21-19(20-17)26(23)12-11-22/h3-10,22H,11-12H2,1-2H3,(H,20,21). The largest absolute Gasteiger partial charge is 0.497 e. The zero-order chi connectivity index (χ0) is 18.5. The van der Waals surface area contributed by atoms with Gasteiger partial charge in [-0.05, 0) is 48.5 Å². The number of nitrogens with zero attached hydrogens (tertiary/aromatic N) is 1. The van der Waals surface area contributed by atoms with E-state index in [1.165, 1.54) is 0 Å². The SMILES string of the molecule is COc1ccc(-c2nc(S(=O)CCO)[nH]c2-c2ccc(OC)cc2)cc1. The van der Waals surface area contributed by atoms with E-state index in [1.807, 2.05) is 48.5 Å². The van der Waals surface area contributed by atoms with Crippen LogP contribution in [0.5, 0.6) is 11.5 Å². The van der Waals surface area contributed by atoms with E-state index >= 15 is 0 Å². The van der Waals surface area contributed by atoms with Crippen molar-refractivity contribution in [2.75, 3.05) is 26.6 Å². The average molecular weight is 372 g/mol. The Hall–Kier alpha value is -2.64. The van der Waals surface area contributed by atoms with Gasteiger partial charge >= 0.3 is 0 Å². The van der Waals surface area contributed by atoms with Crippen LogP contribution in [0.2, 0.25) is 0 Å². The number of imidazole rings is 1. The second-order valence-electron chi connectivity index (χ2n) is 5.50. The molecule has 3 rings (SSSR count). The summed E-state index contributed by atoms with van der Waals surface area (Å²) in [5, 5.41) is 9.40. The lowest BCUT2D eigenvalue weighted by molar-refractivity contribution is 0.321. The van der Waals surface area contributed by atoms with Crippen LogP contribution in [0.3, 0.4) is 0 Å². The number of aromatic nitrogens is 2. The molecule has 1 unspecified atom stereocenters. The number of nitrogens with one attached hydrogen (secondary N) is 1. The summed E-state index contributed by atoms with van der Waals surface area (Å²) in [4.78, 5) is 7.69. The van der Waals surface area contributed by atoms with E-state index in [-0.39, 0.29) is 12.4 Å². The Labute approximate surface area is 154 Å². The summed E-state index contributed by atoms with van der Waals surface area (Å²) in [6.45, 7) is -0.164. The van der Waals surface area contributed by atoms with E-state index in [4.69, 9.17) is 14.6 Å². The Bertz CT molecular complexity index is 824. The maximum Gasteiger partial charge on any atom is 0.197 e. The van der Waals surface area contributed by atoms with Gasteiger partial charge in [-0.25, -0.2) is 4.98 Å². The Balaban J connectivity index is 2.08. The van der Waals surface area contributed by atoms with Crippen LogP contribution in [-0.4, -0.2) is 45.9 Å². The third-order valence-electron chi connectivity index (χ3n) is 3.92. The van der Waals surface area contributed by atoms with Gasteiger partial charge in [0.05, 0.1) is 48.8 Å². The highest BCUT2D eigenvalue weighted by Gasteiger charge is 2.17. The molecule has 3 aromatic rings. The number of aliphatic hydroxyl groups is 1. The maximum atomic E-state index is 12.3. The maximum absolute atomic E-state index is 12.3. The number of H-pyrrole nitrogens is 1. The van der Waals surface area contributed by atoms with Gasteiger partial charge in [-0.1, -0.05) is 0 Å². The minimum Gasteiger partial charge on any atom is -0.497 e. The molecule has 2 aromatic carbocycles. The summed E-state index contributed by atoms with van der Waals surface area (Å²) in [6.07, 6.45) is 0. The molecule has 0 radical (unpaired) electrons. The quantitative estimate of drug-likeness (QED) is 0.666. The van der Waals surface area contributed by atoms with Gasteiger partial charge in [0.1, 0.15) is 11.5 Å². The van der Waals surface area contributed by atoms with E-state index in [0.717, 1.165) is 28.3 Å². The topological polar surface area (TPSA) is 84.4 Å². The minimum absolute atomic E-state index is 0.137. The molecule has 0 aliphatic heterocycles. The first-order chi connectivity index (χ1) is 12.7. The second kappa shape index (κ2) is 8.16. The van der Waals surface area contributed by atoms with Crippen molar-refractivity contribution in [3.63, 3.8) is 0 Å². The summed E-state index contributed by atoms with van der Waals surface area (Å²) in [7, 11) is 1.83. The highest BCUT2D eigenvalue weighted by molar-refractivity contribution is 7.84. The van der Waals surface area contributed by atoms with Crippen molar-refractivity contribution in [2.45, 2.75) is 5.16 Å². The van der Waals surface area contributed by atoms with Crippen LogP contribution in [0.4, 0.5) is 0 Å². The van der Waals surface area contributed by atoms with E-state index in [9.17, 15) is 4.21 Å². The molecule has 0 saturated carbocycles. The molecule has 0 aliphatic carbocycles. The first-order valence-corrected chi connectivity index (χ1v) is 9.36. The van der Waals surface area contributed by atoms with Gasteiger partial charge in [0.25, 0.3) is 0 Å². The molecule has 2 N–H and O–H groups in total. The van der Waals surface area contributed by atoms with Crippen molar-refractivity contribution in [2.24, 2.45) is 0 Å². The third kappa shape index (κ3) is 3.79. The zero-order valence-electron chi connectivity index (χ0n) is 14.6. The molecule has 6 nitrogen and oxygen atoms in total. The molecule has 0 aliphatic rings. The van der Waals surface area contributed by atoms with Gasteiger partial charge in [0.2, 0.25) is 0 Å². The first kappa shape index (κ1) is 18.2. The molecule has 1 heterocycles. The van der Waals surface area contributed by atoms with E-state index in [1.54, 1.807) is 14.2 Å².